The van der Waals surface area contributed by atoms with E-state index in [1.54, 1.807) is 32.2 Å². The second-order valence-corrected chi connectivity index (χ2v) is 8.48. The molecule has 3 N–H and O–H groups in total. The number of aliphatic imine (C=N–C) groups is 1. The Morgan fingerprint density at radius 3 is 2.33 bits per heavy atom. The van der Waals surface area contributed by atoms with Gasteiger partial charge in [0.1, 0.15) is 5.75 Å². The van der Waals surface area contributed by atoms with E-state index in [0.29, 0.717) is 17.4 Å². The van der Waals surface area contributed by atoms with E-state index < -0.39 is 9.84 Å². The molecule has 0 aliphatic rings. The number of phenolic OH excluding ortho intramolecular Hbond substituents is 1. The molecule has 0 bridgehead atoms. The molecule has 6 nitrogen and oxygen atoms in total. The van der Waals surface area contributed by atoms with Crippen molar-refractivity contribution in [2.24, 2.45) is 4.99 Å². The van der Waals surface area contributed by atoms with E-state index in [2.05, 4.69) is 15.6 Å². The molecule has 0 heterocycles. The molecular weight excluding hydrogens is 362 g/mol. The molecule has 0 spiro atoms. The van der Waals surface area contributed by atoms with Gasteiger partial charge in [-0.3, -0.25) is 4.99 Å². The lowest BCUT2D eigenvalue weighted by Crippen LogP contribution is -2.37. The van der Waals surface area contributed by atoms with Gasteiger partial charge in [0.25, 0.3) is 0 Å². The van der Waals surface area contributed by atoms with E-state index in [-0.39, 0.29) is 5.75 Å². The Bertz CT molecular complexity index is 891. The highest BCUT2D eigenvalue weighted by Gasteiger charge is 2.10. The third kappa shape index (κ3) is 6.60. The second-order valence-electron chi connectivity index (χ2n) is 6.49. The largest absolute Gasteiger partial charge is 0.508 e. The standard InChI is InChI=1S/C20H27N3O3S/c1-15-13-17(8-11-19(15)27(3,25)26)14-23-20(21-2)22-12-4-5-16-6-9-18(24)10-7-16/h6-11,13,24H,4-5,12,14H2,1-3H3,(H2,21,22,23). The summed E-state index contributed by atoms with van der Waals surface area (Å²) in [6, 6.07) is 12.6. The van der Waals surface area contributed by atoms with Crippen LogP contribution in [-0.4, -0.2) is 39.3 Å². The van der Waals surface area contributed by atoms with Crippen LogP contribution >= 0.6 is 0 Å². The first-order chi connectivity index (χ1) is 12.8. The lowest BCUT2D eigenvalue weighted by molar-refractivity contribution is 0.475. The van der Waals surface area contributed by atoms with Crippen LogP contribution in [0.15, 0.2) is 52.4 Å². The first-order valence-electron chi connectivity index (χ1n) is 8.81. The van der Waals surface area contributed by atoms with E-state index in [1.165, 1.54) is 11.8 Å². The Balaban J connectivity index is 1.80. The highest BCUT2D eigenvalue weighted by Crippen LogP contribution is 2.16. The van der Waals surface area contributed by atoms with Crippen molar-refractivity contribution in [1.82, 2.24) is 10.6 Å². The summed E-state index contributed by atoms with van der Waals surface area (Å²) in [5, 5.41) is 15.8. The second kappa shape index (κ2) is 9.41. The summed E-state index contributed by atoms with van der Waals surface area (Å²) < 4.78 is 23.4. The lowest BCUT2D eigenvalue weighted by atomic mass is 10.1. The Kier molecular flexibility index (Phi) is 7.24. The van der Waals surface area contributed by atoms with Crippen molar-refractivity contribution in [2.45, 2.75) is 31.2 Å². The van der Waals surface area contributed by atoms with E-state index in [4.69, 9.17) is 0 Å². The van der Waals surface area contributed by atoms with Crippen molar-refractivity contribution in [3.63, 3.8) is 0 Å². The van der Waals surface area contributed by atoms with E-state index >= 15 is 0 Å². The monoisotopic (exact) mass is 389 g/mol. The summed E-state index contributed by atoms with van der Waals surface area (Å²) in [6.07, 6.45) is 3.07. The SMILES string of the molecule is CN=C(NCCCc1ccc(O)cc1)NCc1ccc(S(C)(=O)=O)c(C)c1. The molecule has 0 saturated heterocycles. The van der Waals surface area contributed by atoms with Gasteiger partial charge in [-0.05, 0) is 54.7 Å². The summed E-state index contributed by atoms with van der Waals surface area (Å²) >= 11 is 0. The predicted octanol–water partition coefficient (Wildman–Crippen LogP) is 2.40. The third-order valence-electron chi connectivity index (χ3n) is 4.19. The molecule has 0 fully saturated rings. The minimum atomic E-state index is -3.20. The van der Waals surface area contributed by atoms with Crippen molar-refractivity contribution >= 4 is 15.8 Å². The zero-order chi connectivity index (χ0) is 19.9. The van der Waals surface area contributed by atoms with Crippen molar-refractivity contribution in [1.29, 1.82) is 0 Å². The van der Waals surface area contributed by atoms with Gasteiger partial charge in [0.05, 0.1) is 4.90 Å². The van der Waals surface area contributed by atoms with Gasteiger partial charge >= 0.3 is 0 Å². The maximum absolute atomic E-state index is 11.7. The molecule has 0 saturated carbocycles. The Morgan fingerprint density at radius 1 is 1.07 bits per heavy atom. The first kappa shape index (κ1) is 20.8. The summed E-state index contributed by atoms with van der Waals surface area (Å²) in [6.45, 7) is 3.13. The Labute approximate surface area is 161 Å². The van der Waals surface area contributed by atoms with Gasteiger partial charge in [-0.15, -0.1) is 0 Å². The molecule has 146 valence electrons. The number of aromatic hydroxyl groups is 1. The molecule has 2 rings (SSSR count). The normalized spacial score (nSPS) is 12.0. The van der Waals surface area contributed by atoms with Crippen molar-refractivity contribution in [2.75, 3.05) is 19.8 Å². The molecule has 2 aromatic rings. The van der Waals surface area contributed by atoms with Gasteiger partial charge < -0.3 is 15.7 Å². The first-order valence-corrected chi connectivity index (χ1v) is 10.7. The van der Waals surface area contributed by atoms with Gasteiger partial charge in [0.2, 0.25) is 0 Å². The van der Waals surface area contributed by atoms with E-state index in [9.17, 15) is 13.5 Å². The maximum Gasteiger partial charge on any atom is 0.191 e. The van der Waals surface area contributed by atoms with Crippen LogP contribution < -0.4 is 10.6 Å². The molecule has 2 aromatic carbocycles. The van der Waals surface area contributed by atoms with Gasteiger partial charge in [-0.1, -0.05) is 24.3 Å². The van der Waals surface area contributed by atoms with E-state index in [0.717, 1.165) is 30.5 Å². The minimum Gasteiger partial charge on any atom is -0.508 e. The molecule has 0 atom stereocenters. The van der Waals surface area contributed by atoms with Gasteiger partial charge in [-0.2, -0.15) is 0 Å². The average Bonchev–Trinajstić information content (AvgIpc) is 2.61. The number of rotatable bonds is 7. The number of guanidine groups is 1. The van der Waals surface area contributed by atoms with Crippen LogP contribution in [0.5, 0.6) is 5.75 Å². The average molecular weight is 390 g/mol. The molecule has 0 radical (unpaired) electrons. The topological polar surface area (TPSA) is 90.8 Å². The quantitative estimate of drug-likeness (QED) is 0.384. The van der Waals surface area contributed by atoms with Crippen LogP contribution in [0.4, 0.5) is 0 Å². The number of hydrogen-bond donors (Lipinski definition) is 3. The molecular formula is C20H27N3O3S. The molecule has 0 unspecified atom stereocenters. The fraction of sp³-hybridized carbons (Fsp3) is 0.350. The minimum absolute atomic E-state index is 0.279. The van der Waals surface area contributed by atoms with E-state index in [1.807, 2.05) is 24.3 Å². The number of phenols is 1. The molecule has 0 aliphatic heterocycles. The summed E-state index contributed by atoms with van der Waals surface area (Å²) in [5.74, 6) is 0.979. The number of nitrogens with zero attached hydrogens (tertiary/aromatic N) is 1. The van der Waals surface area contributed by atoms with Crippen LogP contribution in [0.2, 0.25) is 0 Å². The van der Waals surface area contributed by atoms with Gasteiger partial charge in [0, 0.05) is 26.4 Å². The summed E-state index contributed by atoms with van der Waals surface area (Å²) in [7, 11) is -1.48. The van der Waals surface area contributed by atoms with Gasteiger partial charge in [-0.25, -0.2) is 8.42 Å². The Hall–Kier alpha value is -2.54. The summed E-state index contributed by atoms with van der Waals surface area (Å²) in [5.41, 5.74) is 2.92. The number of sulfone groups is 1. The smallest absolute Gasteiger partial charge is 0.191 e. The highest BCUT2D eigenvalue weighted by molar-refractivity contribution is 7.90. The lowest BCUT2D eigenvalue weighted by Gasteiger charge is -2.13. The number of nitrogens with one attached hydrogen (secondary N) is 2. The number of hydrogen-bond acceptors (Lipinski definition) is 4. The Morgan fingerprint density at radius 2 is 1.74 bits per heavy atom. The van der Waals surface area contributed by atoms with Gasteiger partial charge in [0.15, 0.2) is 15.8 Å². The highest BCUT2D eigenvalue weighted by atomic mass is 32.2. The fourth-order valence-electron chi connectivity index (χ4n) is 2.81. The van der Waals surface area contributed by atoms with Crippen LogP contribution in [-0.2, 0) is 22.8 Å². The molecule has 0 amide bonds. The zero-order valence-corrected chi connectivity index (χ0v) is 16.8. The van der Waals surface area contributed by atoms with Crippen LogP contribution in [0.1, 0.15) is 23.1 Å². The molecule has 27 heavy (non-hydrogen) atoms. The molecule has 0 aromatic heterocycles. The maximum atomic E-state index is 11.7. The number of aryl methyl sites for hydroxylation is 2. The number of benzene rings is 2. The van der Waals surface area contributed by atoms with Crippen LogP contribution in [0, 0.1) is 6.92 Å². The molecule has 7 heteroatoms. The third-order valence-corrected chi connectivity index (χ3v) is 5.45. The van der Waals surface area contributed by atoms with Crippen LogP contribution in [0.3, 0.4) is 0 Å². The van der Waals surface area contributed by atoms with Crippen LogP contribution in [0.25, 0.3) is 0 Å². The molecule has 0 aliphatic carbocycles. The van der Waals surface area contributed by atoms with Crippen molar-refractivity contribution < 1.29 is 13.5 Å². The zero-order valence-electron chi connectivity index (χ0n) is 16.0. The van der Waals surface area contributed by atoms with Crippen molar-refractivity contribution in [3.8, 4) is 5.75 Å². The van der Waals surface area contributed by atoms with Crippen molar-refractivity contribution in [3.05, 3.63) is 59.2 Å². The fourth-order valence-corrected chi connectivity index (χ4v) is 3.76. The summed E-state index contributed by atoms with van der Waals surface area (Å²) in [4.78, 5) is 4.57. The predicted molar refractivity (Wildman–Crippen MR) is 109 cm³/mol.